The van der Waals surface area contributed by atoms with Gasteiger partial charge in [0.25, 0.3) is 0 Å². The number of nitrogens with zero attached hydrogens (tertiary/aromatic N) is 3. The van der Waals surface area contributed by atoms with Crippen LogP contribution < -0.4 is 4.90 Å². The number of hydrogen-bond acceptors (Lipinski definition) is 3. The maximum Gasteiger partial charge on any atom is 0.337 e. The molecule has 5 heteroatoms. The van der Waals surface area contributed by atoms with Gasteiger partial charge >= 0.3 is 5.97 Å². The van der Waals surface area contributed by atoms with Crippen LogP contribution in [0.5, 0.6) is 0 Å². The van der Waals surface area contributed by atoms with Crippen LogP contribution in [0.15, 0.2) is 30.6 Å². The van der Waals surface area contributed by atoms with Gasteiger partial charge in [-0.3, -0.25) is 4.68 Å². The molecule has 0 unspecified atom stereocenters. The van der Waals surface area contributed by atoms with E-state index in [0.29, 0.717) is 17.8 Å². The fourth-order valence-corrected chi connectivity index (χ4v) is 2.07. The summed E-state index contributed by atoms with van der Waals surface area (Å²) in [5, 5.41) is 13.4. The van der Waals surface area contributed by atoms with E-state index >= 15 is 0 Å². The van der Waals surface area contributed by atoms with Gasteiger partial charge in [-0.1, -0.05) is 11.6 Å². The second-order valence-electron chi connectivity index (χ2n) is 4.70. The van der Waals surface area contributed by atoms with Crippen LogP contribution in [0.1, 0.15) is 21.5 Å². The van der Waals surface area contributed by atoms with Crippen molar-refractivity contribution in [2.45, 2.75) is 13.5 Å². The molecule has 19 heavy (non-hydrogen) atoms. The number of anilines is 1. The summed E-state index contributed by atoms with van der Waals surface area (Å²) in [5.74, 6) is -0.906. The molecule has 1 aromatic heterocycles. The van der Waals surface area contributed by atoms with Crippen molar-refractivity contribution in [1.29, 1.82) is 0 Å². The van der Waals surface area contributed by atoms with Gasteiger partial charge in [-0.2, -0.15) is 5.10 Å². The zero-order chi connectivity index (χ0) is 14.0. The van der Waals surface area contributed by atoms with Crippen LogP contribution in [0.3, 0.4) is 0 Å². The third-order valence-corrected chi connectivity index (χ3v) is 2.97. The highest BCUT2D eigenvalue weighted by Crippen LogP contribution is 2.22. The van der Waals surface area contributed by atoms with Crippen molar-refractivity contribution in [3.8, 4) is 0 Å². The van der Waals surface area contributed by atoms with E-state index in [-0.39, 0.29) is 0 Å². The van der Waals surface area contributed by atoms with E-state index in [0.717, 1.165) is 11.1 Å². The molecule has 0 saturated carbocycles. The maximum absolute atomic E-state index is 11.3. The van der Waals surface area contributed by atoms with Crippen LogP contribution in [0.2, 0.25) is 0 Å². The Bertz CT molecular complexity index is 604. The summed E-state index contributed by atoms with van der Waals surface area (Å²) in [6.07, 6.45) is 3.70. The summed E-state index contributed by atoms with van der Waals surface area (Å²) >= 11 is 0. The van der Waals surface area contributed by atoms with Gasteiger partial charge in [-0.05, 0) is 19.1 Å². The average molecular weight is 259 g/mol. The van der Waals surface area contributed by atoms with Crippen molar-refractivity contribution in [3.63, 3.8) is 0 Å². The Morgan fingerprint density at radius 3 is 2.79 bits per heavy atom. The number of carboxylic acids is 1. The van der Waals surface area contributed by atoms with Crippen LogP contribution >= 0.6 is 0 Å². The van der Waals surface area contributed by atoms with Crippen LogP contribution in [-0.4, -0.2) is 27.9 Å². The Kier molecular flexibility index (Phi) is 3.55. The van der Waals surface area contributed by atoms with E-state index in [9.17, 15) is 9.90 Å². The second-order valence-corrected chi connectivity index (χ2v) is 4.70. The minimum atomic E-state index is -0.906. The first-order valence-corrected chi connectivity index (χ1v) is 6.00. The van der Waals surface area contributed by atoms with Crippen molar-refractivity contribution in [2.24, 2.45) is 7.05 Å². The Morgan fingerprint density at radius 2 is 2.21 bits per heavy atom. The number of benzene rings is 1. The van der Waals surface area contributed by atoms with Crippen molar-refractivity contribution < 1.29 is 9.90 Å². The summed E-state index contributed by atoms with van der Waals surface area (Å²) in [6.45, 7) is 2.51. The highest BCUT2D eigenvalue weighted by atomic mass is 16.4. The summed E-state index contributed by atoms with van der Waals surface area (Å²) in [5.41, 5.74) is 3.02. The number of hydrogen-bond donors (Lipinski definition) is 1. The molecular formula is C14H17N3O2. The Hall–Kier alpha value is -2.30. The molecule has 0 radical (unpaired) electrons. The molecule has 0 aliphatic heterocycles. The predicted molar refractivity (Wildman–Crippen MR) is 73.5 cm³/mol. The lowest BCUT2D eigenvalue weighted by atomic mass is 10.1. The number of rotatable bonds is 4. The Labute approximate surface area is 112 Å². The van der Waals surface area contributed by atoms with Crippen LogP contribution in [0, 0.1) is 6.92 Å². The summed E-state index contributed by atoms with van der Waals surface area (Å²) < 4.78 is 1.73. The van der Waals surface area contributed by atoms with E-state index < -0.39 is 5.97 Å². The number of aromatic nitrogens is 2. The van der Waals surface area contributed by atoms with E-state index in [1.807, 2.05) is 44.2 Å². The molecule has 2 aromatic rings. The van der Waals surface area contributed by atoms with Gasteiger partial charge in [0, 0.05) is 32.4 Å². The van der Waals surface area contributed by atoms with Gasteiger partial charge < -0.3 is 10.0 Å². The fourth-order valence-electron chi connectivity index (χ4n) is 2.07. The first-order valence-electron chi connectivity index (χ1n) is 6.00. The smallest absolute Gasteiger partial charge is 0.337 e. The largest absolute Gasteiger partial charge is 0.478 e. The SMILES string of the molecule is Cc1ccc(N(C)Cc2cnn(C)c2)c(C(=O)O)c1. The molecule has 1 aromatic carbocycles. The maximum atomic E-state index is 11.3. The zero-order valence-electron chi connectivity index (χ0n) is 11.3. The molecule has 0 saturated heterocycles. The molecule has 1 heterocycles. The predicted octanol–water partition coefficient (Wildman–Crippen LogP) is 2.06. The normalized spacial score (nSPS) is 10.5. The number of carbonyl (C=O) groups is 1. The molecule has 1 N–H and O–H groups in total. The highest BCUT2D eigenvalue weighted by molar-refractivity contribution is 5.94. The number of aryl methyl sites for hydroxylation is 2. The third-order valence-electron chi connectivity index (χ3n) is 2.97. The molecule has 100 valence electrons. The van der Waals surface area contributed by atoms with Crippen LogP contribution in [0.25, 0.3) is 0 Å². The van der Waals surface area contributed by atoms with Crippen molar-refractivity contribution in [2.75, 3.05) is 11.9 Å². The average Bonchev–Trinajstić information content (AvgIpc) is 2.74. The van der Waals surface area contributed by atoms with Crippen LogP contribution in [0.4, 0.5) is 5.69 Å². The second kappa shape index (κ2) is 5.14. The molecule has 0 fully saturated rings. The van der Waals surface area contributed by atoms with E-state index in [1.165, 1.54) is 0 Å². The topological polar surface area (TPSA) is 58.4 Å². The van der Waals surface area contributed by atoms with Crippen LogP contribution in [-0.2, 0) is 13.6 Å². The molecule has 0 spiro atoms. The standard InChI is InChI=1S/C14H17N3O2/c1-10-4-5-13(12(6-10)14(18)19)16(2)8-11-7-15-17(3)9-11/h4-7,9H,8H2,1-3H3,(H,18,19). The van der Waals surface area contributed by atoms with Crippen molar-refractivity contribution in [3.05, 3.63) is 47.3 Å². The minimum Gasteiger partial charge on any atom is -0.478 e. The van der Waals surface area contributed by atoms with Gasteiger partial charge in [0.05, 0.1) is 17.4 Å². The molecule has 0 bridgehead atoms. The van der Waals surface area contributed by atoms with Gasteiger partial charge in [-0.25, -0.2) is 4.79 Å². The molecule has 0 atom stereocenters. The van der Waals surface area contributed by atoms with Gasteiger partial charge in [-0.15, -0.1) is 0 Å². The number of carboxylic acid groups (broad SMARTS) is 1. The summed E-state index contributed by atoms with van der Waals surface area (Å²) in [6, 6.07) is 5.45. The molecule has 2 rings (SSSR count). The lowest BCUT2D eigenvalue weighted by Gasteiger charge is -2.20. The third kappa shape index (κ3) is 2.93. The summed E-state index contributed by atoms with van der Waals surface area (Å²) in [4.78, 5) is 13.2. The monoisotopic (exact) mass is 259 g/mol. The first-order chi connectivity index (χ1) is 8.97. The van der Waals surface area contributed by atoms with E-state index in [4.69, 9.17) is 0 Å². The molecule has 5 nitrogen and oxygen atoms in total. The Morgan fingerprint density at radius 1 is 1.47 bits per heavy atom. The zero-order valence-corrected chi connectivity index (χ0v) is 11.3. The Balaban J connectivity index is 2.28. The fraction of sp³-hybridized carbons (Fsp3) is 0.286. The molecule has 0 amide bonds. The molecule has 0 aliphatic rings. The van der Waals surface area contributed by atoms with Gasteiger partial charge in [0.15, 0.2) is 0 Å². The van der Waals surface area contributed by atoms with Gasteiger partial charge in [0.2, 0.25) is 0 Å². The summed E-state index contributed by atoms with van der Waals surface area (Å²) in [7, 11) is 3.74. The van der Waals surface area contributed by atoms with E-state index in [1.54, 1.807) is 16.9 Å². The highest BCUT2D eigenvalue weighted by Gasteiger charge is 2.14. The number of aromatic carboxylic acids is 1. The van der Waals surface area contributed by atoms with Crippen molar-refractivity contribution >= 4 is 11.7 Å². The quantitative estimate of drug-likeness (QED) is 0.913. The lowest BCUT2D eigenvalue weighted by molar-refractivity contribution is 0.0697. The van der Waals surface area contributed by atoms with E-state index in [2.05, 4.69) is 5.10 Å². The minimum absolute atomic E-state index is 0.325. The van der Waals surface area contributed by atoms with Crippen molar-refractivity contribution in [1.82, 2.24) is 9.78 Å². The molecule has 0 aliphatic carbocycles. The first kappa shape index (κ1) is 13.1. The lowest BCUT2D eigenvalue weighted by Crippen LogP contribution is -2.19. The molecular weight excluding hydrogens is 242 g/mol. The van der Waals surface area contributed by atoms with Gasteiger partial charge in [0.1, 0.15) is 0 Å².